The number of carbonyl (C=O) groups is 1. The topological polar surface area (TPSA) is 82.4 Å². The van der Waals surface area contributed by atoms with Gasteiger partial charge in [0.25, 0.3) is 5.56 Å². The molecule has 0 atom stereocenters. The minimum Gasteiger partial charge on any atom is -0.462 e. The highest BCUT2D eigenvalue weighted by Crippen LogP contribution is 2.25. The van der Waals surface area contributed by atoms with Crippen LogP contribution in [0.5, 0.6) is 5.75 Å². The van der Waals surface area contributed by atoms with Crippen molar-refractivity contribution in [3.8, 4) is 5.75 Å². The van der Waals surface area contributed by atoms with E-state index in [1.807, 2.05) is 0 Å². The van der Waals surface area contributed by atoms with Crippen molar-refractivity contribution in [2.24, 2.45) is 0 Å². The normalized spacial score (nSPS) is 10.9. The van der Waals surface area contributed by atoms with Gasteiger partial charge in [-0.2, -0.15) is 13.8 Å². The van der Waals surface area contributed by atoms with Crippen molar-refractivity contribution in [2.45, 2.75) is 27.0 Å². The lowest BCUT2D eigenvalue weighted by molar-refractivity contribution is -0.0498. The van der Waals surface area contributed by atoms with Crippen molar-refractivity contribution in [2.75, 3.05) is 11.9 Å². The Kier molecular flexibility index (Phi) is 7.49. The van der Waals surface area contributed by atoms with Gasteiger partial charge in [0.05, 0.1) is 13.2 Å². The Labute approximate surface area is 189 Å². The summed E-state index contributed by atoms with van der Waals surface area (Å²) < 4.78 is 76.0. The van der Waals surface area contributed by atoms with Crippen LogP contribution in [0.1, 0.15) is 28.4 Å². The number of hydrogen-bond donors (Lipinski definition) is 1. The monoisotopic (exact) mass is 483 g/mol. The van der Waals surface area contributed by atoms with Gasteiger partial charge in [-0.1, -0.05) is 0 Å². The molecule has 0 bridgehead atoms. The summed E-state index contributed by atoms with van der Waals surface area (Å²) in [5.74, 6) is -5.69. The molecule has 180 valence electrons. The molecule has 2 aromatic carbocycles. The zero-order valence-corrected chi connectivity index (χ0v) is 17.9. The second-order valence-electron chi connectivity index (χ2n) is 6.99. The summed E-state index contributed by atoms with van der Waals surface area (Å²) in [6, 6.07) is 5.47. The molecule has 0 saturated carbocycles. The number of anilines is 2. The van der Waals surface area contributed by atoms with Crippen LogP contribution in [-0.2, 0) is 11.3 Å². The van der Waals surface area contributed by atoms with Gasteiger partial charge >= 0.3 is 12.6 Å². The predicted octanol–water partition coefficient (Wildman–Crippen LogP) is 4.54. The standard InChI is InChI=1S/C22H18F5N3O4/c1-3-33-20(32)14-10-30(9-12-7-15(23)18(25)16(24)8-12)22(29-19(14)31)28-17-5-4-13(6-11(17)2)34-21(26)27/h4-8,10,21H,3,9H2,1-2H3,(H,28,29,31). The smallest absolute Gasteiger partial charge is 0.387 e. The molecule has 0 unspecified atom stereocenters. The van der Waals surface area contributed by atoms with Crippen LogP contribution in [0.4, 0.5) is 33.6 Å². The summed E-state index contributed by atoms with van der Waals surface area (Å²) in [5, 5.41) is 2.82. The summed E-state index contributed by atoms with van der Waals surface area (Å²) in [7, 11) is 0. The number of aryl methyl sites for hydroxylation is 1. The number of rotatable bonds is 8. The molecule has 1 heterocycles. The number of nitrogens with zero attached hydrogens (tertiary/aromatic N) is 2. The lowest BCUT2D eigenvalue weighted by Gasteiger charge is -2.17. The number of aromatic nitrogens is 2. The Morgan fingerprint density at radius 2 is 1.82 bits per heavy atom. The second kappa shape index (κ2) is 10.3. The number of nitrogens with one attached hydrogen (secondary N) is 1. The maximum atomic E-state index is 13.7. The molecule has 7 nitrogen and oxygen atoms in total. The highest BCUT2D eigenvalue weighted by Gasteiger charge is 2.18. The molecule has 34 heavy (non-hydrogen) atoms. The number of carbonyl (C=O) groups excluding carboxylic acids is 1. The fourth-order valence-electron chi connectivity index (χ4n) is 3.03. The number of ether oxygens (including phenoxy) is 2. The fraction of sp³-hybridized carbons (Fsp3) is 0.227. The zero-order chi connectivity index (χ0) is 25.0. The summed E-state index contributed by atoms with van der Waals surface area (Å²) in [5.41, 5.74) is -0.635. The number of esters is 1. The van der Waals surface area contributed by atoms with E-state index >= 15 is 0 Å². The number of benzene rings is 2. The van der Waals surface area contributed by atoms with Crippen LogP contribution in [0, 0.1) is 24.4 Å². The zero-order valence-electron chi connectivity index (χ0n) is 17.9. The maximum absolute atomic E-state index is 13.7. The molecule has 0 amide bonds. The Hall–Kier alpha value is -3.96. The predicted molar refractivity (Wildman–Crippen MR) is 111 cm³/mol. The van der Waals surface area contributed by atoms with E-state index in [2.05, 4.69) is 15.0 Å². The number of alkyl halides is 2. The third kappa shape index (κ3) is 5.69. The largest absolute Gasteiger partial charge is 0.462 e. The molecular weight excluding hydrogens is 465 g/mol. The number of hydrogen-bond acceptors (Lipinski definition) is 6. The van der Waals surface area contributed by atoms with Crippen LogP contribution >= 0.6 is 0 Å². The Morgan fingerprint density at radius 1 is 1.15 bits per heavy atom. The lowest BCUT2D eigenvalue weighted by atomic mass is 10.2. The summed E-state index contributed by atoms with van der Waals surface area (Å²) in [4.78, 5) is 28.4. The van der Waals surface area contributed by atoms with Gasteiger partial charge in [-0.25, -0.2) is 18.0 Å². The first kappa shape index (κ1) is 24.7. The van der Waals surface area contributed by atoms with Crippen LogP contribution in [0.25, 0.3) is 0 Å². The minimum atomic E-state index is -3.02. The molecule has 3 rings (SSSR count). The SMILES string of the molecule is CCOC(=O)c1cn(Cc2cc(F)c(F)c(F)c2)c(Nc2ccc(OC(F)F)cc2C)nc1=O. The molecule has 0 aliphatic heterocycles. The van der Waals surface area contributed by atoms with E-state index < -0.39 is 41.2 Å². The van der Waals surface area contributed by atoms with Crippen molar-refractivity contribution in [1.29, 1.82) is 0 Å². The van der Waals surface area contributed by atoms with Crippen molar-refractivity contribution in [3.63, 3.8) is 0 Å². The first-order valence-corrected chi connectivity index (χ1v) is 9.83. The molecule has 0 spiro atoms. The summed E-state index contributed by atoms with van der Waals surface area (Å²) >= 11 is 0. The molecule has 0 saturated heterocycles. The van der Waals surface area contributed by atoms with Gasteiger partial charge in [-0.15, -0.1) is 0 Å². The van der Waals surface area contributed by atoms with E-state index in [9.17, 15) is 31.5 Å². The van der Waals surface area contributed by atoms with Crippen molar-refractivity contribution < 1.29 is 36.2 Å². The van der Waals surface area contributed by atoms with Gasteiger partial charge in [-0.05, 0) is 55.3 Å². The van der Waals surface area contributed by atoms with Crippen LogP contribution in [0.15, 0.2) is 41.3 Å². The third-order valence-electron chi connectivity index (χ3n) is 4.56. The lowest BCUT2D eigenvalue weighted by Crippen LogP contribution is -2.25. The second-order valence-corrected chi connectivity index (χ2v) is 6.99. The van der Waals surface area contributed by atoms with E-state index in [4.69, 9.17) is 4.74 Å². The Bertz CT molecular complexity index is 1260. The summed E-state index contributed by atoms with van der Waals surface area (Å²) in [6.45, 7) is -0.243. The van der Waals surface area contributed by atoms with E-state index in [1.54, 1.807) is 6.92 Å². The van der Waals surface area contributed by atoms with Gasteiger partial charge < -0.3 is 19.4 Å². The van der Waals surface area contributed by atoms with Crippen LogP contribution < -0.4 is 15.6 Å². The Morgan fingerprint density at radius 3 is 2.41 bits per heavy atom. The van der Waals surface area contributed by atoms with Gasteiger partial charge in [0.1, 0.15) is 11.3 Å². The molecule has 1 N–H and O–H groups in total. The molecule has 0 aliphatic carbocycles. The van der Waals surface area contributed by atoms with E-state index in [1.165, 1.54) is 29.7 Å². The number of halogens is 5. The fourth-order valence-corrected chi connectivity index (χ4v) is 3.03. The van der Waals surface area contributed by atoms with Gasteiger partial charge in [0.2, 0.25) is 5.95 Å². The maximum Gasteiger partial charge on any atom is 0.387 e. The molecule has 0 radical (unpaired) electrons. The van der Waals surface area contributed by atoms with Gasteiger partial charge in [0.15, 0.2) is 17.5 Å². The molecule has 3 aromatic rings. The average Bonchev–Trinajstić information content (AvgIpc) is 2.75. The van der Waals surface area contributed by atoms with Gasteiger partial charge in [0, 0.05) is 11.9 Å². The third-order valence-corrected chi connectivity index (χ3v) is 4.56. The van der Waals surface area contributed by atoms with Gasteiger partial charge in [-0.3, -0.25) is 4.79 Å². The van der Waals surface area contributed by atoms with Crippen LogP contribution in [-0.4, -0.2) is 28.7 Å². The van der Waals surface area contributed by atoms with Crippen molar-refractivity contribution in [3.05, 3.63) is 81.0 Å². The Balaban J connectivity index is 2.04. The molecule has 0 aliphatic rings. The van der Waals surface area contributed by atoms with E-state index in [0.29, 0.717) is 11.3 Å². The quantitative estimate of drug-likeness (QED) is 0.288. The summed E-state index contributed by atoms with van der Waals surface area (Å²) in [6.07, 6.45) is 1.08. The van der Waals surface area contributed by atoms with E-state index in [-0.39, 0.29) is 30.4 Å². The first-order valence-electron chi connectivity index (χ1n) is 9.83. The first-order chi connectivity index (χ1) is 16.1. The molecule has 12 heteroatoms. The molecule has 0 fully saturated rings. The minimum absolute atomic E-state index is 0.0150. The molecular formula is C22H18F5N3O4. The van der Waals surface area contributed by atoms with Crippen molar-refractivity contribution >= 4 is 17.6 Å². The molecule has 1 aromatic heterocycles. The van der Waals surface area contributed by atoms with Crippen LogP contribution in [0.2, 0.25) is 0 Å². The average molecular weight is 483 g/mol. The van der Waals surface area contributed by atoms with Crippen LogP contribution in [0.3, 0.4) is 0 Å². The highest BCUT2D eigenvalue weighted by atomic mass is 19.3. The van der Waals surface area contributed by atoms with E-state index in [0.717, 1.165) is 18.3 Å². The highest BCUT2D eigenvalue weighted by molar-refractivity contribution is 5.88. The van der Waals surface area contributed by atoms with Crippen molar-refractivity contribution in [1.82, 2.24) is 9.55 Å².